The van der Waals surface area contributed by atoms with Crippen LogP contribution in [0.15, 0.2) is 103 Å². The Bertz CT molecular complexity index is 1190. The lowest BCUT2D eigenvalue weighted by atomic mass is 10.0. The molecule has 0 saturated heterocycles. The van der Waals surface area contributed by atoms with E-state index >= 15 is 0 Å². The Morgan fingerprint density at radius 2 is 1.31 bits per heavy atom. The first-order valence-corrected chi connectivity index (χ1v) is 9.71. The summed E-state index contributed by atoms with van der Waals surface area (Å²) in [6.07, 6.45) is 1.68. The summed E-state index contributed by atoms with van der Waals surface area (Å²) in [6, 6.07) is 32.2. The minimum atomic E-state index is 0.669. The monoisotopic (exact) mass is 396 g/mol. The third-order valence-electron chi connectivity index (χ3n) is 4.82. The Labute approximate surface area is 174 Å². The molecular formula is C25H17ClN2O. The van der Waals surface area contributed by atoms with Gasteiger partial charge in [0.15, 0.2) is 0 Å². The number of pyridine rings is 1. The molecule has 0 aliphatic carbocycles. The molecule has 0 atom stereocenters. The maximum atomic E-state index is 6.03. The van der Waals surface area contributed by atoms with E-state index in [-0.39, 0.29) is 0 Å². The predicted molar refractivity (Wildman–Crippen MR) is 116 cm³/mol. The molecule has 4 heteroatoms. The number of ether oxygens (including phenoxy) is 1. The molecule has 1 aliphatic heterocycles. The van der Waals surface area contributed by atoms with Gasteiger partial charge in [0.05, 0.1) is 12.3 Å². The highest BCUT2D eigenvalue weighted by Crippen LogP contribution is 2.33. The van der Waals surface area contributed by atoms with Gasteiger partial charge in [-0.2, -0.15) is 4.68 Å². The van der Waals surface area contributed by atoms with Crippen molar-refractivity contribution >= 4 is 17.3 Å². The number of aromatic nitrogens is 1. The topological polar surface area (TPSA) is 27.2 Å². The van der Waals surface area contributed by atoms with Crippen molar-refractivity contribution in [1.82, 2.24) is 0 Å². The molecule has 0 unspecified atom stereocenters. The van der Waals surface area contributed by atoms with Crippen molar-refractivity contribution in [2.45, 2.75) is 0 Å². The summed E-state index contributed by atoms with van der Waals surface area (Å²) in [7, 11) is 0. The Balaban J connectivity index is 1.63. The lowest BCUT2D eigenvalue weighted by Crippen LogP contribution is -2.36. The number of nitrogens with zero attached hydrogens (tertiary/aromatic N) is 2. The van der Waals surface area contributed by atoms with E-state index in [4.69, 9.17) is 21.8 Å². The minimum Gasteiger partial charge on any atom is -0.414 e. The van der Waals surface area contributed by atoms with Crippen LogP contribution in [0.2, 0.25) is 5.02 Å². The van der Waals surface area contributed by atoms with Crippen LogP contribution < -0.4 is 9.41 Å². The molecule has 0 bridgehead atoms. The van der Waals surface area contributed by atoms with Gasteiger partial charge < -0.3 is 10.2 Å². The van der Waals surface area contributed by atoms with Gasteiger partial charge in [-0.25, -0.2) is 0 Å². The molecule has 2 heterocycles. The van der Waals surface area contributed by atoms with Crippen molar-refractivity contribution < 1.29 is 9.41 Å². The SMILES string of the molecule is Clc1ccc(C2=COc3cc(-c4ccccc4)cc(-c4ccccc4)[n+]3[N-]2)cc1. The van der Waals surface area contributed by atoms with Crippen LogP contribution in [-0.4, -0.2) is 0 Å². The second-order valence-corrected chi connectivity index (χ2v) is 7.18. The van der Waals surface area contributed by atoms with Crippen LogP contribution in [0, 0.1) is 0 Å². The second kappa shape index (κ2) is 7.46. The standard InChI is InChI=1S/C25H17ClN2O/c26-22-13-11-19(12-14-22)23-17-29-25-16-21(18-7-3-1-4-8-18)15-24(28(25)27-23)20-9-5-2-6-10-20/h1-17H. The number of halogens is 1. The first kappa shape index (κ1) is 17.5. The largest absolute Gasteiger partial charge is 0.414 e. The molecule has 0 amide bonds. The Morgan fingerprint density at radius 3 is 2.00 bits per heavy atom. The maximum absolute atomic E-state index is 6.03. The first-order valence-electron chi connectivity index (χ1n) is 9.34. The van der Waals surface area contributed by atoms with Gasteiger partial charge in [-0.3, -0.25) is 0 Å². The zero-order valence-corrected chi connectivity index (χ0v) is 16.3. The number of rotatable bonds is 3. The third kappa shape index (κ3) is 3.48. The summed E-state index contributed by atoms with van der Waals surface area (Å²) in [4.78, 5) is 0. The normalized spacial score (nSPS) is 12.4. The molecule has 0 fully saturated rings. The molecule has 1 aliphatic rings. The summed E-state index contributed by atoms with van der Waals surface area (Å²) in [5, 5.41) is 0.691. The molecule has 3 nitrogen and oxygen atoms in total. The quantitative estimate of drug-likeness (QED) is 0.363. The van der Waals surface area contributed by atoms with Gasteiger partial charge in [0, 0.05) is 16.7 Å². The Morgan fingerprint density at radius 1 is 0.655 bits per heavy atom. The summed E-state index contributed by atoms with van der Waals surface area (Å²) < 4.78 is 7.87. The molecule has 0 spiro atoms. The van der Waals surface area contributed by atoms with Crippen molar-refractivity contribution in [3.63, 3.8) is 0 Å². The van der Waals surface area contributed by atoms with Gasteiger partial charge in [-0.1, -0.05) is 72.3 Å². The smallest absolute Gasteiger partial charge is 0.369 e. The van der Waals surface area contributed by atoms with Crippen molar-refractivity contribution in [1.29, 1.82) is 0 Å². The predicted octanol–water partition coefficient (Wildman–Crippen LogP) is 6.49. The van der Waals surface area contributed by atoms with Gasteiger partial charge in [-0.15, -0.1) is 0 Å². The summed E-state index contributed by atoms with van der Waals surface area (Å²) in [5.74, 6) is 0.669. The van der Waals surface area contributed by atoms with E-state index in [1.165, 1.54) is 0 Å². The summed E-state index contributed by atoms with van der Waals surface area (Å²) >= 11 is 6.03. The van der Waals surface area contributed by atoms with Crippen molar-refractivity contribution in [2.75, 3.05) is 0 Å². The van der Waals surface area contributed by atoms with Gasteiger partial charge in [-0.05, 0) is 46.7 Å². The van der Waals surface area contributed by atoms with E-state index in [2.05, 4.69) is 30.3 Å². The summed E-state index contributed by atoms with van der Waals surface area (Å²) in [5.41, 5.74) is 10.8. The molecule has 0 saturated carbocycles. The Kier molecular flexibility index (Phi) is 4.51. The van der Waals surface area contributed by atoms with Gasteiger partial charge in [0.2, 0.25) is 5.69 Å². The highest BCUT2D eigenvalue weighted by Gasteiger charge is 2.21. The Hall–Kier alpha value is -3.56. The maximum Gasteiger partial charge on any atom is 0.369 e. The zero-order valence-electron chi connectivity index (χ0n) is 15.5. The number of benzene rings is 3. The number of fused-ring (bicyclic) bond motifs is 1. The molecule has 1 aromatic heterocycles. The number of hydrogen-bond donors (Lipinski definition) is 0. The van der Waals surface area contributed by atoms with Crippen LogP contribution in [0.4, 0.5) is 0 Å². The van der Waals surface area contributed by atoms with E-state index in [1.54, 1.807) is 6.26 Å². The fourth-order valence-corrected chi connectivity index (χ4v) is 3.48. The molecule has 4 aromatic rings. The van der Waals surface area contributed by atoms with Crippen LogP contribution in [0.3, 0.4) is 0 Å². The van der Waals surface area contributed by atoms with E-state index in [0.29, 0.717) is 10.9 Å². The average Bonchev–Trinajstić information content (AvgIpc) is 2.80. The van der Waals surface area contributed by atoms with Crippen LogP contribution in [0.5, 0.6) is 5.88 Å². The van der Waals surface area contributed by atoms with Crippen LogP contribution in [0.1, 0.15) is 5.56 Å². The van der Waals surface area contributed by atoms with Crippen molar-refractivity contribution in [3.8, 4) is 28.3 Å². The van der Waals surface area contributed by atoms with Crippen LogP contribution in [0.25, 0.3) is 33.5 Å². The van der Waals surface area contributed by atoms with Crippen LogP contribution in [-0.2, 0) is 0 Å². The second-order valence-electron chi connectivity index (χ2n) is 6.74. The molecule has 3 aromatic carbocycles. The molecule has 140 valence electrons. The third-order valence-corrected chi connectivity index (χ3v) is 5.08. The zero-order chi connectivity index (χ0) is 19.6. The molecule has 29 heavy (non-hydrogen) atoms. The van der Waals surface area contributed by atoms with E-state index < -0.39 is 0 Å². The van der Waals surface area contributed by atoms with Gasteiger partial charge >= 0.3 is 5.88 Å². The average molecular weight is 397 g/mol. The fraction of sp³-hybridized carbons (Fsp3) is 0. The van der Waals surface area contributed by atoms with E-state index in [9.17, 15) is 0 Å². The number of hydrogen-bond acceptors (Lipinski definition) is 1. The van der Waals surface area contributed by atoms with Gasteiger partial charge in [0.1, 0.15) is 0 Å². The fourth-order valence-electron chi connectivity index (χ4n) is 3.36. The van der Waals surface area contributed by atoms with Gasteiger partial charge in [0.25, 0.3) is 0 Å². The molecule has 0 N–H and O–H groups in total. The van der Waals surface area contributed by atoms with Crippen LogP contribution >= 0.6 is 11.6 Å². The molecule has 5 rings (SSSR count). The molecular weight excluding hydrogens is 380 g/mol. The van der Waals surface area contributed by atoms with Crippen molar-refractivity contribution in [3.05, 3.63) is 119 Å². The highest BCUT2D eigenvalue weighted by atomic mass is 35.5. The minimum absolute atomic E-state index is 0.669. The lowest BCUT2D eigenvalue weighted by Gasteiger charge is -2.26. The lowest BCUT2D eigenvalue weighted by molar-refractivity contribution is -0.615. The first-order chi connectivity index (χ1) is 14.3. The van der Waals surface area contributed by atoms with E-state index in [1.807, 2.05) is 71.4 Å². The highest BCUT2D eigenvalue weighted by molar-refractivity contribution is 6.30. The molecule has 0 radical (unpaired) electrons. The van der Waals surface area contributed by atoms with E-state index in [0.717, 1.165) is 33.6 Å². The van der Waals surface area contributed by atoms with Crippen molar-refractivity contribution in [2.24, 2.45) is 0 Å². The summed E-state index contributed by atoms with van der Waals surface area (Å²) in [6.45, 7) is 0.